The van der Waals surface area contributed by atoms with Gasteiger partial charge >= 0.3 is 0 Å². The van der Waals surface area contributed by atoms with Gasteiger partial charge in [0.1, 0.15) is 0 Å². The zero-order valence-electron chi connectivity index (χ0n) is 10.2. The molecule has 0 aliphatic heterocycles. The van der Waals surface area contributed by atoms with Crippen molar-refractivity contribution in [3.63, 3.8) is 0 Å². The second-order valence-corrected chi connectivity index (χ2v) is 6.37. The number of nitrogen functional groups attached to an aromatic ring is 1. The molecule has 0 saturated heterocycles. The zero-order chi connectivity index (χ0) is 14.7. The molecular formula is C13H10BrClN2O2S. The molecule has 0 fully saturated rings. The molecule has 0 aromatic heterocycles. The van der Waals surface area contributed by atoms with Crippen LogP contribution >= 0.6 is 39.3 Å². The van der Waals surface area contributed by atoms with Gasteiger partial charge in [0.25, 0.3) is 5.69 Å². The number of hydrogen-bond acceptors (Lipinski definition) is 4. The molecule has 2 N–H and O–H groups in total. The van der Waals surface area contributed by atoms with Crippen LogP contribution in [0.1, 0.15) is 5.56 Å². The molecule has 0 radical (unpaired) electrons. The molecule has 104 valence electrons. The van der Waals surface area contributed by atoms with Crippen molar-refractivity contribution in [2.24, 2.45) is 0 Å². The SMILES string of the molecule is Nc1ccc(Br)cc1SCc1cc(Cl)ccc1[N+](=O)[O-]. The predicted molar refractivity (Wildman–Crippen MR) is 86.2 cm³/mol. The Hall–Kier alpha value is -1.24. The summed E-state index contributed by atoms with van der Waals surface area (Å²) in [6, 6.07) is 10.1. The first kappa shape index (κ1) is 15.2. The van der Waals surface area contributed by atoms with Crippen LogP contribution in [0.15, 0.2) is 45.8 Å². The Morgan fingerprint density at radius 2 is 2.05 bits per heavy atom. The lowest BCUT2D eigenvalue weighted by Crippen LogP contribution is -1.95. The maximum atomic E-state index is 11.0. The Kier molecular flexibility index (Phi) is 4.91. The highest BCUT2D eigenvalue weighted by molar-refractivity contribution is 9.10. The highest BCUT2D eigenvalue weighted by Gasteiger charge is 2.14. The fourth-order valence-electron chi connectivity index (χ4n) is 1.64. The zero-order valence-corrected chi connectivity index (χ0v) is 13.3. The van der Waals surface area contributed by atoms with Gasteiger partial charge in [0.05, 0.1) is 4.92 Å². The van der Waals surface area contributed by atoms with Gasteiger partial charge in [-0.15, -0.1) is 11.8 Å². The first-order valence-electron chi connectivity index (χ1n) is 5.58. The summed E-state index contributed by atoms with van der Waals surface area (Å²) < 4.78 is 0.912. The average Bonchev–Trinajstić information content (AvgIpc) is 2.39. The minimum Gasteiger partial charge on any atom is -0.398 e. The Bertz CT molecular complexity index is 667. The summed E-state index contributed by atoms with van der Waals surface area (Å²) in [5.41, 5.74) is 7.16. The van der Waals surface area contributed by atoms with Crippen molar-refractivity contribution in [2.45, 2.75) is 10.6 Å². The largest absolute Gasteiger partial charge is 0.398 e. The van der Waals surface area contributed by atoms with Gasteiger partial charge in [-0.1, -0.05) is 27.5 Å². The molecule has 2 aromatic rings. The van der Waals surface area contributed by atoms with Crippen LogP contribution in [-0.4, -0.2) is 4.92 Å². The number of thioether (sulfide) groups is 1. The van der Waals surface area contributed by atoms with Gasteiger partial charge in [0, 0.05) is 37.5 Å². The van der Waals surface area contributed by atoms with E-state index in [1.807, 2.05) is 12.1 Å². The Labute approximate surface area is 133 Å². The number of benzene rings is 2. The topological polar surface area (TPSA) is 69.2 Å². The van der Waals surface area contributed by atoms with Crippen molar-refractivity contribution in [3.05, 3.63) is 61.6 Å². The van der Waals surface area contributed by atoms with E-state index in [2.05, 4.69) is 15.9 Å². The predicted octanol–water partition coefficient (Wildman–Crippen LogP) is 4.89. The van der Waals surface area contributed by atoms with Gasteiger partial charge in [-0.3, -0.25) is 10.1 Å². The molecule has 4 nitrogen and oxygen atoms in total. The molecule has 0 saturated carbocycles. The molecular weight excluding hydrogens is 364 g/mol. The van der Waals surface area contributed by atoms with E-state index in [-0.39, 0.29) is 5.69 Å². The fraction of sp³-hybridized carbons (Fsp3) is 0.0769. The Morgan fingerprint density at radius 1 is 1.30 bits per heavy atom. The van der Waals surface area contributed by atoms with Crippen LogP contribution in [0.25, 0.3) is 0 Å². The number of nitrogens with zero attached hydrogens (tertiary/aromatic N) is 1. The van der Waals surface area contributed by atoms with Crippen molar-refractivity contribution < 1.29 is 4.92 Å². The summed E-state index contributed by atoms with van der Waals surface area (Å²) in [7, 11) is 0. The lowest BCUT2D eigenvalue weighted by atomic mass is 10.2. The van der Waals surface area contributed by atoms with Crippen LogP contribution in [0.2, 0.25) is 5.02 Å². The van der Waals surface area contributed by atoms with Crippen molar-refractivity contribution in [2.75, 3.05) is 5.73 Å². The maximum Gasteiger partial charge on any atom is 0.273 e. The lowest BCUT2D eigenvalue weighted by Gasteiger charge is -2.07. The standard InChI is InChI=1S/C13H10BrClN2O2S/c14-9-1-3-11(16)13(6-9)20-7-8-5-10(15)2-4-12(8)17(18)19/h1-6H,7,16H2. The minimum atomic E-state index is -0.406. The number of hydrogen-bond donors (Lipinski definition) is 1. The van der Waals surface area contributed by atoms with E-state index in [1.54, 1.807) is 12.1 Å². The monoisotopic (exact) mass is 372 g/mol. The Morgan fingerprint density at radius 3 is 2.75 bits per heavy atom. The molecule has 0 aliphatic carbocycles. The van der Waals surface area contributed by atoms with Crippen LogP contribution in [-0.2, 0) is 5.75 Å². The first-order chi connectivity index (χ1) is 9.47. The summed E-state index contributed by atoms with van der Waals surface area (Å²) in [6.07, 6.45) is 0. The molecule has 0 amide bonds. The molecule has 0 unspecified atom stereocenters. The fourth-order valence-corrected chi connectivity index (χ4v) is 3.33. The Balaban J connectivity index is 2.24. The summed E-state index contributed by atoms with van der Waals surface area (Å²) >= 11 is 10.7. The van der Waals surface area contributed by atoms with Gasteiger partial charge < -0.3 is 5.73 Å². The number of anilines is 1. The van der Waals surface area contributed by atoms with Crippen molar-refractivity contribution in [3.8, 4) is 0 Å². The van der Waals surface area contributed by atoms with Gasteiger partial charge in [0.15, 0.2) is 0 Å². The quantitative estimate of drug-likeness (QED) is 0.359. The molecule has 20 heavy (non-hydrogen) atoms. The van der Waals surface area contributed by atoms with E-state index in [9.17, 15) is 10.1 Å². The van der Waals surface area contributed by atoms with Crippen LogP contribution in [0, 0.1) is 10.1 Å². The maximum absolute atomic E-state index is 11.0. The molecule has 0 heterocycles. The molecule has 0 aliphatic rings. The molecule has 0 spiro atoms. The normalized spacial score (nSPS) is 10.5. The summed E-state index contributed by atoms with van der Waals surface area (Å²) in [5.74, 6) is 0.428. The van der Waals surface area contributed by atoms with Crippen molar-refractivity contribution >= 4 is 50.7 Å². The summed E-state index contributed by atoms with van der Waals surface area (Å²) in [4.78, 5) is 11.4. The minimum absolute atomic E-state index is 0.0652. The highest BCUT2D eigenvalue weighted by atomic mass is 79.9. The first-order valence-corrected chi connectivity index (χ1v) is 7.73. The molecule has 0 bridgehead atoms. The number of nitro benzene ring substituents is 1. The number of nitro groups is 1. The van der Waals surface area contributed by atoms with Crippen LogP contribution in [0.4, 0.5) is 11.4 Å². The summed E-state index contributed by atoms with van der Waals surface area (Å²) in [6.45, 7) is 0. The van der Waals surface area contributed by atoms with Gasteiger partial charge in [-0.05, 0) is 30.3 Å². The highest BCUT2D eigenvalue weighted by Crippen LogP contribution is 2.34. The molecule has 7 heteroatoms. The molecule has 2 rings (SSSR count). The van der Waals surface area contributed by atoms with Crippen molar-refractivity contribution in [1.29, 1.82) is 0 Å². The molecule has 2 aromatic carbocycles. The summed E-state index contributed by atoms with van der Waals surface area (Å²) in [5, 5.41) is 11.5. The average molecular weight is 374 g/mol. The van der Waals surface area contributed by atoms with Crippen LogP contribution in [0.5, 0.6) is 0 Å². The van der Waals surface area contributed by atoms with Crippen molar-refractivity contribution in [1.82, 2.24) is 0 Å². The third kappa shape index (κ3) is 3.65. The molecule has 0 atom stereocenters. The smallest absolute Gasteiger partial charge is 0.273 e. The van der Waals surface area contributed by atoms with E-state index in [0.29, 0.717) is 22.0 Å². The van der Waals surface area contributed by atoms with Crippen LogP contribution in [0.3, 0.4) is 0 Å². The van der Waals surface area contributed by atoms with E-state index < -0.39 is 4.92 Å². The third-order valence-corrected chi connectivity index (χ3v) is 4.45. The van der Waals surface area contributed by atoms with Gasteiger partial charge in [0.2, 0.25) is 0 Å². The van der Waals surface area contributed by atoms with E-state index >= 15 is 0 Å². The van der Waals surface area contributed by atoms with E-state index in [0.717, 1.165) is 9.37 Å². The number of halogens is 2. The van der Waals surface area contributed by atoms with Gasteiger partial charge in [-0.25, -0.2) is 0 Å². The second-order valence-electron chi connectivity index (χ2n) is 4.00. The van der Waals surface area contributed by atoms with Crippen LogP contribution < -0.4 is 5.73 Å². The number of nitrogens with two attached hydrogens (primary N) is 1. The lowest BCUT2D eigenvalue weighted by molar-refractivity contribution is -0.385. The van der Waals surface area contributed by atoms with Gasteiger partial charge in [-0.2, -0.15) is 0 Å². The second kappa shape index (κ2) is 6.47. The van der Waals surface area contributed by atoms with E-state index in [4.69, 9.17) is 17.3 Å². The number of rotatable bonds is 4. The van der Waals surface area contributed by atoms with E-state index in [1.165, 1.54) is 23.9 Å². The third-order valence-electron chi connectivity index (χ3n) is 2.60.